The van der Waals surface area contributed by atoms with Gasteiger partial charge < -0.3 is 11.1 Å². The van der Waals surface area contributed by atoms with E-state index >= 15 is 0 Å². The predicted octanol–water partition coefficient (Wildman–Crippen LogP) is 0.356. The molecule has 0 atom stereocenters. The van der Waals surface area contributed by atoms with Crippen molar-refractivity contribution in [2.24, 2.45) is 0 Å². The van der Waals surface area contributed by atoms with Crippen LogP contribution in [0, 0.1) is 6.92 Å². The lowest BCUT2D eigenvalue weighted by Crippen LogP contribution is -2.32. The number of aromatic nitrogens is 2. The molecule has 0 amide bonds. The Morgan fingerprint density at radius 1 is 1.35 bits per heavy atom. The molecule has 1 aromatic heterocycles. The van der Waals surface area contributed by atoms with Gasteiger partial charge in [-0.2, -0.15) is 4.98 Å². The van der Waals surface area contributed by atoms with Crippen LogP contribution in [0.25, 0.3) is 0 Å². The molecule has 1 aromatic rings. The first-order valence-corrected chi connectivity index (χ1v) is 7.35. The molecule has 0 spiro atoms. The van der Waals surface area contributed by atoms with Crippen LogP contribution in [0.3, 0.4) is 0 Å². The summed E-state index contributed by atoms with van der Waals surface area (Å²) in [7, 11) is -2.83. The summed E-state index contributed by atoms with van der Waals surface area (Å²) >= 11 is 0. The Bertz CT molecular complexity index is 481. The van der Waals surface area contributed by atoms with Crippen LogP contribution in [-0.4, -0.2) is 35.9 Å². The van der Waals surface area contributed by atoms with Crippen molar-refractivity contribution in [1.29, 1.82) is 0 Å². The van der Waals surface area contributed by atoms with Crippen molar-refractivity contribution in [2.45, 2.75) is 25.8 Å². The molecular formula is C10H16N4O2S. The van der Waals surface area contributed by atoms with Crippen molar-refractivity contribution in [2.75, 3.05) is 22.6 Å². The third-order valence-electron chi connectivity index (χ3n) is 2.76. The standard InChI is InChI=1S/C10H16N4O2S/c1-7-6-9(11)14-10(12-7)13-8-2-4-17(15,16)5-3-8/h6,8H,2-5H2,1H3,(H3,11,12,13,14). The number of rotatable bonds is 2. The summed E-state index contributed by atoms with van der Waals surface area (Å²) in [6, 6.07) is 1.80. The van der Waals surface area contributed by atoms with Gasteiger partial charge in [0.15, 0.2) is 0 Å². The maximum Gasteiger partial charge on any atom is 0.225 e. The summed E-state index contributed by atoms with van der Waals surface area (Å²) in [4.78, 5) is 8.28. The minimum absolute atomic E-state index is 0.111. The molecule has 94 valence electrons. The molecule has 3 N–H and O–H groups in total. The third-order valence-corrected chi connectivity index (χ3v) is 4.48. The Labute approximate surface area is 101 Å². The quantitative estimate of drug-likeness (QED) is 0.792. The second-order valence-electron chi connectivity index (χ2n) is 4.33. The Kier molecular flexibility index (Phi) is 3.19. The summed E-state index contributed by atoms with van der Waals surface area (Å²) < 4.78 is 22.6. The molecule has 0 unspecified atom stereocenters. The highest BCUT2D eigenvalue weighted by atomic mass is 32.2. The van der Waals surface area contributed by atoms with Crippen LogP contribution >= 0.6 is 0 Å². The fourth-order valence-electron chi connectivity index (χ4n) is 1.87. The van der Waals surface area contributed by atoms with Crippen molar-refractivity contribution in [1.82, 2.24) is 9.97 Å². The van der Waals surface area contributed by atoms with Crippen molar-refractivity contribution in [3.8, 4) is 0 Å². The predicted molar refractivity (Wildman–Crippen MR) is 66.5 cm³/mol. The summed E-state index contributed by atoms with van der Waals surface area (Å²) in [6.45, 7) is 1.84. The first-order chi connectivity index (χ1) is 7.94. The van der Waals surface area contributed by atoms with Gasteiger partial charge in [0.1, 0.15) is 15.7 Å². The molecule has 1 aliphatic heterocycles. The largest absolute Gasteiger partial charge is 0.384 e. The van der Waals surface area contributed by atoms with E-state index in [9.17, 15) is 8.42 Å². The first kappa shape index (κ1) is 12.1. The normalized spacial score (nSPS) is 20.1. The molecule has 0 saturated carbocycles. The molecule has 7 heteroatoms. The maximum absolute atomic E-state index is 11.3. The number of nitrogens with two attached hydrogens (primary N) is 1. The molecule has 2 rings (SSSR count). The summed E-state index contributed by atoms with van der Waals surface area (Å²) in [6.07, 6.45) is 1.19. The van der Waals surface area contributed by atoms with Gasteiger partial charge in [-0.15, -0.1) is 0 Å². The zero-order valence-electron chi connectivity index (χ0n) is 9.68. The fourth-order valence-corrected chi connectivity index (χ4v) is 3.37. The number of hydrogen-bond acceptors (Lipinski definition) is 6. The van der Waals surface area contributed by atoms with Crippen LogP contribution in [0.5, 0.6) is 0 Å². The van der Waals surface area contributed by atoms with Gasteiger partial charge in [0.2, 0.25) is 5.95 Å². The zero-order valence-corrected chi connectivity index (χ0v) is 10.5. The average Bonchev–Trinajstić information content (AvgIpc) is 2.20. The Morgan fingerprint density at radius 3 is 2.59 bits per heavy atom. The maximum atomic E-state index is 11.3. The zero-order chi connectivity index (χ0) is 12.5. The molecule has 0 bridgehead atoms. The van der Waals surface area contributed by atoms with Crippen molar-refractivity contribution in [3.63, 3.8) is 0 Å². The molecule has 0 aromatic carbocycles. The SMILES string of the molecule is Cc1cc(N)nc(NC2CCS(=O)(=O)CC2)n1. The van der Waals surface area contributed by atoms with Gasteiger partial charge in [-0.05, 0) is 19.8 Å². The van der Waals surface area contributed by atoms with Crippen molar-refractivity contribution < 1.29 is 8.42 Å². The van der Waals surface area contributed by atoms with Crippen LogP contribution in [0.1, 0.15) is 18.5 Å². The topological polar surface area (TPSA) is 98.0 Å². The second-order valence-corrected chi connectivity index (χ2v) is 6.63. The van der Waals surface area contributed by atoms with Gasteiger partial charge in [0, 0.05) is 17.8 Å². The molecule has 1 saturated heterocycles. The highest BCUT2D eigenvalue weighted by molar-refractivity contribution is 7.91. The van der Waals surface area contributed by atoms with Gasteiger partial charge in [0.25, 0.3) is 0 Å². The number of nitrogen functional groups attached to an aromatic ring is 1. The van der Waals surface area contributed by atoms with Crippen LogP contribution in [-0.2, 0) is 9.84 Å². The van der Waals surface area contributed by atoms with E-state index in [-0.39, 0.29) is 17.5 Å². The van der Waals surface area contributed by atoms with Crippen molar-refractivity contribution >= 4 is 21.6 Å². The molecule has 6 nitrogen and oxygen atoms in total. The average molecular weight is 256 g/mol. The fraction of sp³-hybridized carbons (Fsp3) is 0.600. The lowest BCUT2D eigenvalue weighted by atomic mass is 10.2. The van der Waals surface area contributed by atoms with E-state index in [0.29, 0.717) is 24.6 Å². The van der Waals surface area contributed by atoms with Gasteiger partial charge in [-0.3, -0.25) is 0 Å². The van der Waals surface area contributed by atoms with Crippen molar-refractivity contribution in [3.05, 3.63) is 11.8 Å². The number of sulfone groups is 1. The molecule has 0 aliphatic carbocycles. The van der Waals surface area contributed by atoms with Crippen LogP contribution in [0.15, 0.2) is 6.07 Å². The van der Waals surface area contributed by atoms with Gasteiger partial charge in [0.05, 0.1) is 11.5 Å². The smallest absolute Gasteiger partial charge is 0.225 e. The number of hydrogen-bond donors (Lipinski definition) is 2. The second kappa shape index (κ2) is 4.48. The van der Waals surface area contributed by atoms with E-state index < -0.39 is 9.84 Å². The van der Waals surface area contributed by atoms with Gasteiger partial charge >= 0.3 is 0 Å². The van der Waals surface area contributed by atoms with E-state index in [1.165, 1.54) is 0 Å². The van der Waals surface area contributed by atoms with E-state index in [1.54, 1.807) is 6.07 Å². The first-order valence-electron chi connectivity index (χ1n) is 5.53. The summed E-state index contributed by atoms with van der Waals surface area (Å²) in [5.74, 6) is 1.35. The van der Waals surface area contributed by atoms with Gasteiger partial charge in [-0.1, -0.05) is 0 Å². The van der Waals surface area contributed by atoms with Crippen LogP contribution < -0.4 is 11.1 Å². The van der Waals surface area contributed by atoms with E-state index in [4.69, 9.17) is 5.73 Å². The third kappa shape index (κ3) is 3.29. The van der Waals surface area contributed by atoms with Gasteiger partial charge in [-0.25, -0.2) is 13.4 Å². The minimum Gasteiger partial charge on any atom is -0.384 e. The number of nitrogens with zero attached hydrogens (tertiary/aromatic N) is 2. The van der Waals surface area contributed by atoms with E-state index in [0.717, 1.165) is 5.69 Å². The number of anilines is 2. The molecule has 0 radical (unpaired) electrons. The summed E-state index contributed by atoms with van der Waals surface area (Å²) in [5, 5.41) is 3.13. The molecule has 2 heterocycles. The Morgan fingerprint density at radius 2 is 2.00 bits per heavy atom. The molecule has 1 aliphatic rings. The van der Waals surface area contributed by atoms with E-state index in [1.807, 2.05) is 6.92 Å². The van der Waals surface area contributed by atoms with E-state index in [2.05, 4.69) is 15.3 Å². The molecule has 17 heavy (non-hydrogen) atoms. The molecular weight excluding hydrogens is 240 g/mol. The monoisotopic (exact) mass is 256 g/mol. The Hall–Kier alpha value is -1.37. The number of nitrogens with one attached hydrogen (secondary N) is 1. The molecule has 1 fully saturated rings. The van der Waals surface area contributed by atoms with Crippen LogP contribution in [0.2, 0.25) is 0 Å². The Balaban J connectivity index is 2.02. The lowest BCUT2D eigenvalue weighted by molar-refractivity contribution is 0.558. The minimum atomic E-state index is -2.83. The highest BCUT2D eigenvalue weighted by Gasteiger charge is 2.23. The number of aryl methyl sites for hydroxylation is 1. The highest BCUT2D eigenvalue weighted by Crippen LogP contribution is 2.16. The van der Waals surface area contributed by atoms with Crippen LogP contribution in [0.4, 0.5) is 11.8 Å². The summed E-state index contributed by atoms with van der Waals surface area (Å²) in [5.41, 5.74) is 6.42. The lowest BCUT2D eigenvalue weighted by Gasteiger charge is -2.23.